The van der Waals surface area contributed by atoms with E-state index in [0.29, 0.717) is 5.69 Å². The summed E-state index contributed by atoms with van der Waals surface area (Å²) in [6, 6.07) is 3.12. The number of rotatable bonds is 3. The molecule has 0 spiro atoms. The number of nitro benzene ring substituents is 1. The van der Waals surface area contributed by atoms with E-state index in [1.807, 2.05) is 0 Å². The lowest BCUT2D eigenvalue weighted by Gasteiger charge is -2.01. The summed E-state index contributed by atoms with van der Waals surface area (Å²) in [7, 11) is 0. The van der Waals surface area contributed by atoms with Gasteiger partial charge in [0.05, 0.1) is 16.8 Å². The summed E-state index contributed by atoms with van der Waals surface area (Å²) in [6.45, 7) is 0.156. The Morgan fingerprint density at radius 3 is 2.88 bits per heavy atom. The largest absolute Gasteiger partial charge is 0.325 e. The molecule has 0 aliphatic heterocycles. The third-order valence-corrected chi connectivity index (χ3v) is 2.13. The molecule has 0 aliphatic rings. The van der Waals surface area contributed by atoms with Gasteiger partial charge < -0.3 is 5.73 Å². The minimum atomic E-state index is -0.613. The van der Waals surface area contributed by atoms with Crippen LogP contribution >= 0.6 is 0 Å². The molecular formula is C9H8FN5O2. The lowest BCUT2D eigenvalue weighted by atomic mass is 10.2. The molecule has 0 atom stereocenters. The molecule has 0 fully saturated rings. The average molecular weight is 237 g/mol. The monoisotopic (exact) mass is 237 g/mol. The summed E-state index contributed by atoms with van der Waals surface area (Å²) < 4.78 is 14.2. The molecule has 7 nitrogen and oxygen atoms in total. The van der Waals surface area contributed by atoms with Crippen LogP contribution in [0, 0.1) is 15.9 Å². The van der Waals surface area contributed by atoms with Crippen LogP contribution < -0.4 is 5.73 Å². The maximum Gasteiger partial charge on any atom is 0.295 e. The molecular weight excluding hydrogens is 229 g/mol. The Morgan fingerprint density at radius 1 is 1.53 bits per heavy atom. The zero-order chi connectivity index (χ0) is 12.4. The maximum absolute atomic E-state index is 13.1. The number of hydrogen-bond donors (Lipinski definition) is 1. The van der Waals surface area contributed by atoms with Crippen LogP contribution in [-0.4, -0.2) is 19.9 Å². The molecule has 88 valence electrons. The second-order valence-electron chi connectivity index (χ2n) is 3.25. The van der Waals surface area contributed by atoms with Gasteiger partial charge in [0.15, 0.2) is 0 Å². The predicted molar refractivity (Wildman–Crippen MR) is 55.9 cm³/mol. The Kier molecular flexibility index (Phi) is 2.79. The van der Waals surface area contributed by atoms with E-state index in [9.17, 15) is 14.5 Å². The molecule has 0 bridgehead atoms. The fraction of sp³-hybridized carbons (Fsp3) is 0.111. The van der Waals surface area contributed by atoms with Crippen LogP contribution in [0.5, 0.6) is 0 Å². The van der Waals surface area contributed by atoms with E-state index in [1.165, 1.54) is 6.20 Å². The van der Waals surface area contributed by atoms with Gasteiger partial charge in [-0.2, -0.15) is 0 Å². The number of nitro groups is 1. The van der Waals surface area contributed by atoms with Crippen LogP contribution in [0.15, 0.2) is 24.4 Å². The van der Waals surface area contributed by atoms with E-state index < -0.39 is 10.7 Å². The maximum atomic E-state index is 13.1. The molecule has 2 N–H and O–H groups in total. The van der Waals surface area contributed by atoms with Crippen molar-refractivity contribution in [1.82, 2.24) is 15.0 Å². The first-order valence-corrected chi connectivity index (χ1v) is 4.67. The Morgan fingerprint density at radius 2 is 2.29 bits per heavy atom. The van der Waals surface area contributed by atoms with E-state index >= 15 is 0 Å². The van der Waals surface area contributed by atoms with E-state index in [1.54, 1.807) is 0 Å². The SMILES string of the molecule is NCc1cn(-c2cc(F)ccc2[N+](=O)[O-])nn1. The predicted octanol–water partition coefficient (Wildman–Crippen LogP) is 0.773. The fourth-order valence-corrected chi connectivity index (χ4v) is 1.34. The number of nitrogens with zero attached hydrogens (tertiary/aromatic N) is 4. The van der Waals surface area contributed by atoms with Crippen molar-refractivity contribution in [3.8, 4) is 5.69 Å². The van der Waals surface area contributed by atoms with Gasteiger partial charge in [0.25, 0.3) is 5.69 Å². The number of nitrogens with two attached hydrogens (primary N) is 1. The normalized spacial score (nSPS) is 10.5. The molecule has 2 rings (SSSR count). The smallest absolute Gasteiger partial charge is 0.295 e. The molecule has 0 saturated carbocycles. The molecule has 17 heavy (non-hydrogen) atoms. The highest BCUT2D eigenvalue weighted by molar-refractivity contribution is 5.51. The highest BCUT2D eigenvalue weighted by atomic mass is 19.1. The molecule has 1 aromatic carbocycles. The van der Waals surface area contributed by atoms with E-state index in [-0.39, 0.29) is 17.9 Å². The minimum absolute atomic E-state index is 0.0159. The Hall–Kier alpha value is -2.35. The van der Waals surface area contributed by atoms with Crippen molar-refractivity contribution in [2.24, 2.45) is 5.73 Å². The lowest BCUT2D eigenvalue weighted by molar-refractivity contribution is -0.384. The Bertz CT molecular complexity index is 568. The van der Waals surface area contributed by atoms with Crippen LogP contribution in [0.1, 0.15) is 5.69 Å². The summed E-state index contributed by atoms with van der Waals surface area (Å²) in [5, 5.41) is 18.1. The second-order valence-corrected chi connectivity index (χ2v) is 3.25. The Balaban J connectivity index is 2.56. The van der Waals surface area contributed by atoms with Gasteiger partial charge in [-0.1, -0.05) is 5.21 Å². The number of hydrogen-bond acceptors (Lipinski definition) is 5. The van der Waals surface area contributed by atoms with Crippen molar-refractivity contribution in [3.05, 3.63) is 46.0 Å². The van der Waals surface area contributed by atoms with Gasteiger partial charge >= 0.3 is 0 Å². The minimum Gasteiger partial charge on any atom is -0.325 e. The number of aromatic nitrogens is 3. The van der Waals surface area contributed by atoms with Gasteiger partial charge in [-0.05, 0) is 6.07 Å². The van der Waals surface area contributed by atoms with Gasteiger partial charge in [-0.15, -0.1) is 5.10 Å². The summed E-state index contributed by atoms with van der Waals surface area (Å²) in [5.74, 6) is -0.588. The summed E-state index contributed by atoms with van der Waals surface area (Å²) in [6.07, 6.45) is 1.42. The van der Waals surface area contributed by atoms with Crippen molar-refractivity contribution >= 4 is 5.69 Å². The molecule has 0 saturated heterocycles. The van der Waals surface area contributed by atoms with Crippen molar-refractivity contribution in [2.45, 2.75) is 6.54 Å². The van der Waals surface area contributed by atoms with Crippen LogP contribution in [0.3, 0.4) is 0 Å². The standard InChI is InChI=1S/C9H8FN5O2/c10-6-1-2-8(15(16)17)9(3-6)14-5-7(4-11)12-13-14/h1-3,5H,4,11H2. The van der Waals surface area contributed by atoms with Gasteiger partial charge in [-0.3, -0.25) is 10.1 Å². The highest BCUT2D eigenvalue weighted by Crippen LogP contribution is 2.22. The Labute approximate surface area is 94.8 Å². The lowest BCUT2D eigenvalue weighted by Crippen LogP contribution is -2.01. The first kappa shape index (κ1) is 11.1. The van der Waals surface area contributed by atoms with Gasteiger partial charge in [0.1, 0.15) is 11.5 Å². The second kappa shape index (κ2) is 4.26. The molecule has 0 radical (unpaired) electrons. The van der Waals surface area contributed by atoms with Gasteiger partial charge in [0, 0.05) is 18.7 Å². The van der Waals surface area contributed by atoms with Crippen LogP contribution in [0.4, 0.5) is 10.1 Å². The van der Waals surface area contributed by atoms with Crippen LogP contribution in [0.2, 0.25) is 0 Å². The highest BCUT2D eigenvalue weighted by Gasteiger charge is 2.17. The molecule has 0 aliphatic carbocycles. The zero-order valence-corrected chi connectivity index (χ0v) is 8.58. The van der Waals surface area contributed by atoms with E-state index in [4.69, 9.17) is 5.73 Å². The van der Waals surface area contributed by atoms with Crippen molar-refractivity contribution in [3.63, 3.8) is 0 Å². The molecule has 1 heterocycles. The van der Waals surface area contributed by atoms with Crippen molar-refractivity contribution in [2.75, 3.05) is 0 Å². The van der Waals surface area contributed by atoms with Crippen LogP contribution in [-0.2, 0) is 6.54 Å². The zero-order valence-electron chi connectivity index (χ0n) is 8.58. The quantitative estimate of drug-likeness (QED) is 0.627. The molecule has 0 amide bonds. The summed E-state index contributed by atoms with van der Waals surface area (Å²) in [4.78, 5) is 10.2. The van der Waals surface area contributed by atoms with Gasteiger partial charge in [-0.25, -0.2) is 9.07 Å². The summed E-state index contributed by atoms with van der Waals surface area (Å²) in [5.41, 5.74) is 5.57. The van der Waals surface area contributed by atoms with Crippen molar-refractivity contribution in [1.29, 1.82) is 0 Å². The van der Waals surface area contributed by atoms with E-state index in [2.05, 4.69) is 10.3 Å². The van der Waals surface area contributed by atoms with Crippen molar-refractivity contribution < 1.29 is 9.31 Å². The van der Waals surface area contributed by atoms with Gasteiger partial charge in [0.2, 0.25) is 0 Å². The third kappa shape index (κ3) is 2.11. The fourth-order valence-electron chi connectivity index (χ4n) is 1.34. The molecule has 0 unspecified atom stereocenters. The first-order chi connectivity index (χ1) is 8.11. The summed E-state index contributed by atoms with van der Waals surface area (Å²) >= 11 is 0. The number of halogens is 1. The molecule has 8 heteroatoms. The number of benzene rings is 1. The van der Waals surface area contributed by atoms with Crippen LogP contribution in [0.25, 0.3) is 5.69 Å². The average Bonchev–Trinajstić information content (AvgIpc) is 2.76. The molecule has 2 aromatic rings. The molecule has 1 aromatic heterocycles. The first-order valence-electron chi connectivity index (χ1n) is 4.67. The topological polar surface area (TPSA) is 99.9 Å². The third-order valence-electron chi connectivity index (χ3n) is 2.13. The van der Waals surface area contributed by atoms with E-state index in [0.717, 1.165) is 22.9 Å².